The summed E-state index contributed by atoms with van der Waals surface area (Å²) in [5, 5.41) is 4.02. The van der Waals surface area contributed by atoms with Crippen molar-refractivity contribution in [3.63, 3.8) is 0 Å². The van der Waals surface area contributed by atoms with Gasteiger partial charge in [0, 0.05) is 30.9 Å². The van der Waals surface area contributed by atoms with Gasteiger partial charge in [-0.1, -0.05) is 0 Å². The minimum atomic E-state index is -0.114. The molecule has 1 aliphatic heterocycles. The van der Waals surface area contributed by atoms with Crippen LogP contribution in [0.15, 0.2) is 35.8 Å². The summed E-state index contributed by atoms with van der Waals surface area (Å²) in [6.45, 7) is 2.01. The van der Waals surface area contributed by atoms with E-state index < -0.39 is 0 Å². The fraction of sp³-hybridized carbons (Fsp3) is 0.200. The molecule has 0 aromatic carbocycles. The average molecular weight is 298 g/mol. The number of nitrogens with one attached hydrogen (secondary N) is 1. The van der Waals surface area contributed by atoms with E-state index in [1.807, 2.05) is 44.1 Å². The Morgan fingerprint density at radius 2 is 2.10 bits per heavy atom. The molecule has 0 spiro atoms. The lowest BCUT2D eigenvalue weighted by Gasteiger charge is -2.33. The number of amides is 2. The van der Waals surface area contributed by atoms with Crippen LogP contribution in [-0.4, -0.2) is 30.0 Å². The van der Waals surface area contributed by atoms with Crippen LogP contribution >= 0.6 is 11.3 Å². The summed E-state index contributed by atoms with van der Waals surface area (Å²) in [6.07, 6.45) is 5.78. The van der Waals surface area contributed by atoms with Gasteiger partial charge in [0.15, 0.2) is 0 Å². The largest absolute Gasteiger partial charge is 0.378 e. The number of aryl methyl sites for hydroxylation is 1. The second kappa shape index (κ2) is 4.08. The number of allylic oxidation sites excluding steroid dienone is 2. The van der Waals surface area contributed by atoms with Gasteiger partial charge in [-0.15, -0.1) is 11.3 Å². The number of carbonyl (C=O) groups is 1. The molecule has 2 amide bonds. The van der Waals surface area contributed by atoms with Crippen LogP contribution < -0.4 is 10.2 Å². The molecule has 5 nitrogen and oxygen atoms in total. The van der Waals surface area contributed by atoms with Crippen LogP contribution in [-0.2, 0) is 0 Å². The van der Waals surface area contributed by atoms with Crippen molar-refractivity contribution >= 4 is 39.0 Å². The number of pyridine rings is 1. The molecule has 6 heteroatoms. The van der Waals surface area contributed by atoms with Crippen LogP contribution in [0.4, 0.5) is 16.2 Å². The zero-order valence-corrected chi connectivity index (χ0v) is 12.8. The fourth-order valence-corrected chi connectivity index (χ4v) is 3.63. The molecular weight excluding hydrogens is 284 g/mol. The van der Waals surface area contributed by atoms with Gasteiger partial charge in [0.1, 0.15) is 4.83 Å². The number of nitrogens with zero attached hydrogens (tertiary/aromatic N) is 3. The first-order valence-corrected chi connectivity index (χ1v) is 7.48. The van der Waals surface area contributed by atoms with Gasteiger partial charge >= 0.3 is 6.03 Å². The summed E-state index contributed by atoms with van der Waals surface area (Å²) in [6, 6.07) is 1.79. The highest BCUT2D eigenvalue weighted by atomic mass is 32.1. The highest BCUT2D eigenvalue weighted by Gasteiger charge is 2.32. The molecule has 0 saturated heterocycles. The van der Waals surface area contributed by atoms with E-state index >= 15 is 0 Å². The first-order chi connectivity index (χ1) is 10.1. The molecule has 0 unspecified atom stereocenters. The van der Waals surface area contributed by atoms with Gasteiger partial charge in [0.05, 0.1) is 22.5 Å². The Hall–Kier alpha value is -2.34. The smallest absolute Gasteiger partial charge is 0.331 e. The second-order valence-corrected chi connectivity index (χ2v) is 6.55. The van der Waals surface area contributed by atoms with Crippen LogP contribution in [0.3, 0.4) is 0 Å². The molecule has 21 heavy (non-hydrogen) atoms. The number of hydrogen-bond acceptors (Lipinski definition) is 4. The summed E-state index contributed by atoms with van der Waals surface area (Å²) >= 11 is 1.61. The first kappa shape index (κ1) is 12.4. The summed E-state index contributed by atoms with van der Waals surface area (Å²) in [7, 11) is 3.97. The molecule has 3 heterocycles. The molecule has 0 fully saturated rings. The molecular formula is C15H14N4OS. The topological polar surface area (TPSA) is 48.5 Å². The zero-order chi connectivity index (χ0) is 14.7. The molecule has 0 saturated carbocycles. The SMILES string of the molecule is Cc1sc2nccc3c2c1NC(=O)N3C1=CC(N(C)C)=C1. The molecule has 1 N–H and O–H groups in total. The molecule has 2 aromatic rings. The maximum atomic E-state index is 12.5. The minimum absolute atomic E-state index is 0.114. The highest BCUT2D eigenvalue weighted by molar-refractivity contribution is 7.19. The number of thiophene rings is 1. The molecule has 2 aromatic heterocycles. The van der Waals surface area contributed by atoms with Gasteiger partial charge in [-0.25, -0.2) is 9.78 Å². The Bertz CT molecular complexity index is 847. The second-order valence-electron chi connectivity index (χ2n) is 5.34. The van der Waals surface area contributed by atoms with Crippen molar-refractivity contribution in [1.29, 1.82) is 0 Å². The zero-order valence-electron chi connectivity index (χ0n) is 12.0. The van der Waals surface area contributed by atoms with E-state index in [0.29, 0.717) is 0 Å². The Balaban J connectivity index is 1.86. The van der Waals surface area contributed by atoms with Gasteiger partial charge in [0.25, 0.3) is 0 Å². The number of urea groups is 1. The molecule has 2 aliphatic rings. The highest BCUT2D eigenvalue weighted by Crippen LogP contribution is 2.44. The van der Waals surface area contributed by atoms with Crippen LogP contribution in [0.5, 0.6) is 0 Å². The van der Waals surface area contributed by atoms with Crippen molar-refractivity contribution in [2.75, 3.05) is 24.3 Å². The third-order valence-electron chi connectivity index (χ3n) is 3.79. The summed E-state index contributed by atoms with van der Waals surface area (Å²) < 4.78 is 0. The Kier molecular flexibility index (Phi) is 2.41. The van der Waals surface area contributed by atoms with Gasteiger partial charge in [-0.3, -0.25) is 4.90 Å². The van der Waals surface area contributed by atoms with Crippen molar-refractivity contribution in [3.8, 4) is 0 Å². The van der Waals surface area contributed by atoms with Crippen LogP contribution in [0.2, 0.25) is 0 Å². The maximum absolute atomic E-state index is 12.5. The van der Waals surface area contributed by atoms with Crippen LogP contribution in [0, 0.1) is 6.92 Å². The Morgan fingerprint density at radius 3 is 2.81 bits per heavy atom. The van der Waals surface area contributed by atoms with E-state index in [4.69, 9.17) is 0 Å². The first-order valence-electron chi connectivity index (χ1n) is 6.66. The lowest BCUT2D eigenvalue weighted by molar-refractivity contribution is 0.258. The minimum Gasteiger partial charge on any atom is -0.378 e. The van der Waals surface area contributed by atoms with Crippen LogP contribution in [0.1, 0.15) is 4.88 Å². The summed E-state index contributed by atoms with van der Waals surface area (Å²) in [4.78, 5) is 22.7. The standard InChI is InChI=1S/C15H14N4OS/c1-8-13-12-11(4-5-16-14(12)21-8)19(15(20)17-13)10-6-9(7-10)18(2)3/h4-7H,1-3H3,(H,17,20). The molecule has 0 bridgehead atoms. The fourth-order valence-electron chi connectivity index (χ4n) is 2.66. The molecule has 1 aliphatic carbocycles. The molecule has 106 valence electrons. The van der Waals surface area contributed by atoms with E-state index in [1.54, 1.807) is 22.4 Å². The van der Waals surface area contributed by atoms with E-state index in [0.717, 1.165) is 37.9 Å². The summed E-state index contributed by atoms with van der Waals surface area (Å²) in [5.41, 5.74) is 3.81. The van der Waals surface area contributed by atoms with E-state index in [-0.39, 0.29) is 6.03 Å². The van der Waals surface area contributed by atoms with Crippen molar-refractivity contribution in [2.45, 2.75) is 6.92 Å². The van der Waals surface area contributed by atoms with Crippen molar-refractivity contribution in [3.05, 3.63) is 40.7 Å². The van der Waals surface area contributed by atoms with Gasteiger partial charge in [-0.05, 0) is 25.1 Å². The monoisotopic (exact) mass is 298 g/mol. The van der Waals surface area contributed by atoms with Gasteiger partial charge < -0.3 is 10.2 Å². The number of rotatable bonds is 2. The third-order valence-corrected chi connectivity index (χ3v) is 4.80. The molecule has 0 radical (unpaired) electrons. The van der Waals surface area contributed by atoms with Crippen molar-refractivity contribution < 1.29 is 4.79 Å². The van der Waals surface area contributed by atoms with Crippen molar-refractivity contribution in [2.24, 2.45) is 0 Å². The number of hydrogen-bond donors (Lipinski definition) is 1. The Morgan fingerprint density at radius 1 is 1.33 bits per heavy atom. The lowest BCUT2D eigenvalue weighted by Crippen LogP contribution is -2.38. The Labute approximate surface area is 126 Å². The lowest BCUT2D eigenvalue weighted by atomic mass is 10.1. The normalized spacial score (nSPS) is 16.3. The summed E-state index contributed by atoms with van der Waals surface area (Å²) in [5.74, 6) is 0. The number of aromatic nitrogens is 1. The van der Waals surface area contributed by atoms with E-state index in [9.17, 15) is 4.79 Å². The predicted octanol–water partition coefficient (Wildman–Crippen LogP) is 3.30. The average Bonchev–Trinajstić information content (AvgIpc) is 2.69. The van der Waals surface area contributed by atoms with E-state index in [1.165, 1.54) is 0 Å². The quantitative estimate of drug-likeness (QED) is 0.925. The number of likely N-dealkylation sites (N-methyl/N-ethyl adjacent to an activating group) is 1. The molecule has 4 rings (SSSR count). The van der Waals surface area contributed by atoms with E-state index in [2.05, 4.69) is 10.3 Å². The third kappa shape index (κ3) is 1.62. The number of carbonyl (C=O) groups excluding carboxylic acids is 1. The predicted molar refractivity (Wildman–Crippen MR) is 85.7 cm³/mol. The van der Waals surface area contributed by atoms with Gasteiger partial charge in [-0.2, -0.15) is 0 Å². The van der Waals surface area contributed by atoms with Gasteiger partial charge in [0.2, 0.25) is 0 Å². The maximum Gasteiger partial charge on any atom is 0.331 e. The van der Waals surface area contributed by atoms with Crippen molar-refractivity contribution in [1.82, 2.24) is 9.88 Å². The number of anilines is 2. The molecule has 0 atom stereocenters. The van der Waals surface area contributed by atoms with Crippen LogP contribution in [0.25, 0.3) is 10.2 Å².